The molecule has 7 heteroatoms. The van der Waals surface area contributed by atoms with Gasteiger partial charge in [-0.05, 0) is 38.0 Å². The van der Waals surface area contributed by atoms with Gasteiger partial charge in [0.05, 0.1) is 35.6 Å². The molecule has 1 atom stereocenters. The Morgan fingerprint density at radius 2 is 2.10 bits per heavy atom. The third-order valence-corrected chi connectivity index (χ3v) is 5.81. The van der Waals surface area contributed by atoms with E-state index < -0.39 is 0 Å². The smallest absolute Gasteiger partial charge is 0.257 e. The number of nitrogens with zero attached hydrogens (tertiary/aromatic N) is 4. The third-order valence-electron chi connectivity index (χ3n) is 5.81. The highest BCUT2D eigenvalue weighted by Gasteiger charge is 2.31. The van der Waals surface area contributed by atoms with Crippen LogP contribution in [0.2, 0.25) is 0 Å². The monoisotopic (exact) mass is 418 g/mol. The van der Waals surface area contributed by atoms with Crippen LogP contribution in [0.25, 0.3) is 11.1 Å². The molecule has 0 N–H and O–H groups in total. The number of carbonyl (C=O) groups is 1. The van der Waals surface area contributed by atoms with Crippen LogP contribution >= 0.6 is 0 Å². The van der Waals surface area contributed by atoms with Crippen molar-refractivity contribution in [3.63, 3.8) is 0 Å². The first-order valence-electron chi connectivity index (χ1n) is 10.5. The molecule has 1 saturated heterocycles. The summed E-state index contributed by atoms with van der Waals surface area (Å²) in [6.07, 6.45) is 4.84. The summed E-state index contributed by atoms with van der Waals surface area (Å²) in [4.78, 5) is 21.9. The van der Waals surface area contributed by atoms with E-state index in [2.05, 4.69) is 24.8 Å². The molecular weight excluding hydrogens is 392 g/mol. The number of furan rings is 2. The lowest BCUT2D eigenvalue weighted by atomic mass is 9.97. The highest BCUT2D eigenvalue weighted by Crippen LogP contribution is 2.33. The molecule has 7 nitrogen and oxygen atoms in total. The number of hydrogen-bond donors (Lipinski definition) is 0. The van der Waals surface area contributed by atoms with E-state index in [4.69, 9.17) is 13.8 Å². The number of piperazine rings is 1. The fourth-order valence-corrected chi connectivity index (χ4v) is 4.14. The second-order valence-corrected chi connectivity index (χ2v) is 8.25. The van der Waals surface area contributed by atoms with Gasteiger partial charge >= 0.3 is 0 Å². The first-order chi connectivity index (χ1) is 14.9. The van der Waals surface area contributed by atoms with Crippen molar-refractivity contribution < 1.29 is 13.6 Å². The average molecular weight is 418 g/mol. The van der Waals surface area contributed by atoms with Crippen LogP contribution in [0.5, 0.6) is 0 Å². The second kappa shape index (κ2) is 8.31. The Balaban J connectivity index is 1.63. The molecule has 1 unspecified atom stereocenters. The Morgan fingerprint density at radius 3 is 2.68 bits per heavy atom. The predicted octanol–water partition coefficient (Wildman–Crippen LogP) is 4.59. The number of aromatic nitrogens is 1. The van der Waals surface area contributed by atoms with Gasteiger partial charge in [-0.25, -0.2) is 4.98 Å². The zero-order chi connectivity index (χ0) is 22.1. The van der Waals surface area contributed by atoms with Crippen LogP contribution in [0.15, 0.2) is 45.8 Å². The molecule has 3 aromatic rings. The average Bonchev–Trinajstić information content (AvgIpc) is 3.44. The molecule has 0 bridgehead atoms. The highest BCUT2D eigenvalue weighted by molar-refractivity contribution is 5.95. The summed E-state index contributed by atoms with van der Waals surface area (Å²) in [7, 11) is 0. The molecule has 0 spiro atoms. The van der Waals surface area contributed by atoms with E-state index >= 15 is 0 Å². The minimum Gasteiger partial charge on any atom is -0.472 e. The van der Waals surface area contributed by atoms with E-state index in [1.165, 1.54) is 0 Å². The Kier molecular flexibility index (Phi) is 5.55. The van der Waals surface area contributed by atoms with Crippen LogP contribution < -0.4 is 4.90 Å². The molecule has 1 aliphatic heterocycles. The number of pyridine rings is 1. The van der Waals surface area contributed by atoms with Gasteiger partial charge in [0, 0.05) is 36.8 Å². The van der Waals surface area contributed by atoms with Gasteiger partial charge in [0.15, 0.2) is 0 Å². The first-order valence-corrected chi connectivity index (χ1v) is 10.5. The van der Waals surface area contributed by atoms with Gasteiger partial charge in [-0.1, -0.05) is 13.8 Å². The van der Waals surface area contributed by atoms with Gasteiger partial charge in [0.2, 0.25) is 0 Å². The zero-order valence-corrected chi connectivity index (χ0v) is 18.3. The van der Waals surface area contributed by atoms with Gasteiger partial charge in [-0.2, -0.15) is 5.26 Å². The van der Waals surface area contributed by atoms with Crippen molar-refractivity contribution in [2.24, 2.45) is 0 Å². The van der Waals surface area contributed by atoms with Gasteiger partial charge in [0.25, 0.3) is 5.91 Å². The minimum atomic E-state index is -0.0278. The summed E-state index contributed by atoms with van der Waals surface area (Å²) in [6, 6.07) is 7.79. The van der Waals surface area contributed by atoms with Crippen LogP contribution in [0, 0.1) is 18.3 Å². The molecule has 4 rings (SSSR count). The quantitative estimate of drug-likeness (QED) is 0.616. The number of rotatable bonds is 4. The van der Waals surface area contributed by atoms with Crippen molar-refractivity contribution in [2.45, 2.75) is 39.7 Å². The SMILES string of the molecule is Cc1occc1C(=O)N1CCN(c2nc(C(C)C)c(-c3ccoc3)cc2C#N)CC1C. The molecule has 0 aliphatic carbocycles. The number of amides is 1. The van der Waals surface area contributed by atoms with Crippen molar-refractivity contribution in [3.05, 3.63) is 59.6 Å². The largest absolute Gasteiger partial charge is 0.472 e. The Morgan fingerprint density at radius 1 is 1.29 bits per heavy atom. The molecule has 0 radical (unpaired) electrons. The summed E-state index contributed by atoms with van der Waals surface area (Å²) < 4.78 is 10.5. The molecular formula is C24H26N4O3. The maximum absolute atomic E-state index is 12.9. The Bertz CT molecular complexity index is 1120. The second-order valence-electron chi connectivity index (χ2n) is 8.25. The highest BCUT2D eigenvalue weighted by atomic mass is 16.3. The topological polar surface area (TPSA) is 86.5 Å². The summed E-state index contributed by atoms with van der Waals surface area (Å²) >= 11 is 0. The van der Waals surface area contributed by atoms with Crippen LogP contribution in [0.1, 0.15) is 54.1 Å². The van der Waals surface area contributed by atoms with Crippen molar-refractivity contribution >= 4 is 11.7 Å². The Labute approximate surface area is 181 Å². The van der Waals surface area contributed by atoms with E-state index in [-0.39, 0.29) is 17.9 Å². The molecule has 4 heterocycles. The van der Waals surface area contributed by atoms with Crippen molar-refractivity contribution in [3.8, 4) is 17.2 Å². The molecule has 31 heavy (non-hydrogen) atoms. The fourth-order valence-electron chi connectivity index (χ4n) is 4.14. The molecule has 160 valence electrons. The van der Waals surface area contributed by atoms with Gasteiger partial charge in [0.1, 0.15) is 17.6 Å². The number of hydrogen-bond acceptors (Lipinski definition) is 6. The molecule has 1 amide bonds. The van der Waals surface area contributed by atoms with Gasteiger partial charge < -0.3 is 18.6 Å². The van der Waals surface area contributed by atoms with Crippen LogP contribution in [-0.4, -0.2) is 41.5 Å². The lowest BCUT2D eigenvalue weighted by molar-refractivity contribution is 0.0672. The van der Waals surface area contributed by atoms with Crippen LogP contribution in [0.3, 0.4) is 0 Å². The standard InChI is InChI=1S/C24H26N4O3/c1-15(2)22-21(18-5-9-30-14-18)11-19(12-25)23(26-22)27-7-8-28(16(3)13-27)24(29)20-6-10-31-17(20)4/h5-6,9-11,14-16H,7-8,13H2,1-4H3. The molecule has 0 aromatic carbocycles. The Hall–Kier alpha value is -3.53. The molecule has 3 aromatic heterocycles. The van der Waals surface area contributed by atoms with E-state index in [9.17, 15) is 10.1 Å². The fraction of sp³-hybridized carbons (Fsp3) is 0.375. The van der Waals surface area contributed by atoms with Crippen LogP contribution in [-0.2, 0) is 0 Å². The maximum Gasteiger partial charge on any atom is 0.257 e. The minimum absolute atomic E-state index is 0.0231. The third kappa shape index (κ3) is 3.81. The number of aryl methyl sites for hydroxylation is 1. The molecule has 0 saturated carbocycles. The van der Waals surface area contributed by atoms with Gasteiger partial charge in [-0.3, -0.25) is 4.79 Å². The van der Waals surface area contributed by atoms with Gasteiger partial charge in [-0.15, -0.1) is 0 Å². The first kappa shape index (κ1) is 20.7. The van der Waals surface area contributed by atoms with Crippen molar-refractivity contribution in [2.75, 3.05) is 24.5 Å². The predicted molar refractivity (Wildman–Crippen MR) is 117 cm³/mol. The normalized spacial score (nSPS) is 16.6. The van der Waals surface area contributed by atoms with E-state index in [0.29, 0.717) is 42.3 Å². The lowest BCUT2D eigenvalue weighted by Gasteiger charge is -2.40. The van der Waals surface area contributed by atoms with Crippen LogP contribution in [0.4, 0.5) is 5.82 Å². The summed E-state index contributed by atoms with van der Waals surface area (Å²) in [6.45, 7) is 9.77. The van der Waals surface area contributed by atoms with E-state index in [1.54, 1.807) is 31.8 Å². The number of carbonyl (C=O) groups excluding carboxylic acids is 1. The zero-order valence-electron chi connectivity index (χ0n) is 18.3. The van der Waals surface area contributed by atoms with Crippen molar-refractivity contribution in [1.82, 2.24) is 9.88 Å². The lowest BCUT2D eigenvalue weighted by Crippen LogP contribution is -2.54. The summed E-state index contributed by atoms with van der Waals surface area (Å²) in [5.41, 5.74) is 3.89. The van der Waals surface area contributed by atoms with Crippen molar-refractivity contribution in [1.29, 1.82) is 5.26 Å². The van der Waals surface area contributed by atoms with E-state index in [1.807, 2.05) is 24.0 Å². The number of nitriles is 1. The molecule has 1 fully saturated rings. The summed E-state index contributed by atoms with van der Waals surface area (Å²) in [5.74, 6) is 1.46. The summed E-state index contributed by atoms with van der Waals surface area (Å²) in [5, 5.41) is 9.85. The maximum atomic E-state index is 12.9. The number of anilines is 1. The van der Waals surface area contributed by atoms with E-state index in [0.717, 1.165) is 16.8 Å². The molecule has 1 aliphatic rings.